The number of cyclic esters (lactones) is 1. The second-order valence-electron chi connectivity index (χ2n) is 17.5. The van der Waals surface area contributed by atoms with Crippen LogP contribution in [0, 0.1) is 18.7 Å². The molecule has 2 aromatic heterocycles. The van der Waals surface area contributed by atoms with Crippen LogP contribution in [0.1, 0.15) is 90.9 Å². The third kappa shape index (κ3) is 9.42. The third-order valence-electron chi connectivity index (χ3n) is 13.3. The first kappa shape index (κ1) is 47.4. The summed E-state index contributed by atoms with van der Waals surface area (Å²) in [6, 6.07) is 10.3. The predicted molar refractivity (Wildman–Crippen MR) is 240 cm³/mol. The molecule has 20 heteroatoms. The molecule has 4 heterocycles. The fraction of sp³-hybridized carbons (Fsp3) is 0.438. The Kier molecular flexibility index (Phi) is 13.7. The number of esters is 1. The van der Waals surface area contributed by atoms with Crippen molar-refractivity contribution in [2.45, 2.75) is 103 Å². The highest BCUT2D eigenvalue weighted by molar-refractivity contribution is 5.95. The molecule has 0 radical (unpaired) electrons. The number of ether oxygens (including phenoxy) is 2. The van der Waals surface area contributed by atoms with E-state index in [1.165, 1.54) is 10.6 Å². The minimum absolute atomic E-state index is 0.0228. The van der Waals surface area contributed by atoms with E-state index in [9.17, 15) is 43.5 Å². The van der Waals surface area contributed by atoms with Gasteiger partial charge in [0.15, 0.2) is 5.60 Å². The van der Waals surface area contributed by atoms with Gasteiger partial charge in [-0.3, -0.25) is 33.6 Å². The fourth-order valence-corrected chi connectivity index (χ4v) is 9.35. The summed E-state index contributed by atoms with van der Waals surface area (Å²) < 4.78 is 27.9. The summed E-state index contributed by atoms with van der Waals surface area (Å²) in [4.78, 5) is 108. The maximum atomic E-state index is 15.4. The molecule has 2 aliphatic carbocycles. The second-order valence-corrected chi connectivity index (χ2v) is 17.5. The van der Waals surface area contributed by atoms with Crippen molar-refractivity contribution >= 4 is 52.3 Å². The molecular formula is C48H53FN8O11. The number of nitrogens with zero attached hydrogens (tertiary/aromatic N) is 2. The minimum atomic E-state index is -2.02. The molecule has 4 aliphatic rings. The van der Waals surface area contributed by atoms with Crippen molar-refractivity contribution in [3.8, 4) is 11.4 Å². The smallest absolute Gasteiger partial charge is 0.343 e. The predicted octanol–water partition coefficient (Wildman–Crippen LogP) is 0.986. The zero-order chi connectivity index (χ0) is 48.4. The standard InChI is InChI=1S/C48H53FN8O11/c1-4-37(58)50-18-38(59)51-20-40(61)54-35(13-25-9-7-6-8-10-25)45(63)52-19-39(60)53-23-68-27-14-26(15-27)44(62)56-33-12-11-28-24(3)32(49)17-34-41(28)42(33)29-21-57-36(43(29)55-34)16-31-30(46(57)64)22-67-47(65)48(31,66)5-2/h6-10,16-17,26-27,33,35,66H,4-5,11-15,18-23H2,1-3H3,(H,50,58)(H,51,59)(H,52,63)(H,53,60)(H,54,61)(H,56,62)/t26-,27+,33-,35-,48-/m0/s1. The molecule has 0 spiro atoms. The summed E-state index contributed by atoms with van der Waals surface area (Å²) in [7, 11) is 0. The van der Waals surface area contributed by atoms with Crippen LogP contribution in [0.2, 0.25) is 0 Å². The van der Waals surface area contributed by atoms with Gasteiger partial charge in [0.05, 0.1) is 60.8 Å². The second kappa shape index (κ2) is 19.7. The van der Waals surface area contributed by atoms with Crippen molar-refractivity contribution in [3.05, 3.63) is 97.6 Å². The number of hydrogen-bond acceptors (Lipinski definition) is 12. The van der Waals surface area contributed by atoms with Crippen molar-refractivity contribution in [3.63, 3.8) is 0 Å². The third-order valence-corrected chi connectivity index (χ3v) is 13.3. The van der Waals surface area contributed by atoms with E-state index in [1.807, 2.05) is 0 Å². The number of aliphatic hydroxyl groups is 1. The molecule has 1 saturated carbocycles. The lowest BCUT2D eigenvalue weighted by Gasteiger charge is -2.36. The average molecular weight is 937 g/mol. The Morgan fingerprint density at radius 3 is 2.37 bits per heavy atom. The van der Waals surface area contributed by atoms with E-state index in [1.54, 1.807) is 57.2 Å². The van der Waals surface area contributed by atoms with E-state index in [0.29, 0.717) is 53.7 Å². The highest BCUT2D eigenvalue weighted by Gasteiger charge is 2.46. The van der Waals surface area contributed by atoms with Gasteiger partial charge in [-0.05, 0) is 67.3 Å². The minimum Gasteiger partial charge on any atom is -0.458 e. The SMILES string of the molecule is CCC(=O)NCC(=O)NCC(=O)N[C@@H](Cc1ccccc1)C(=O)NCC(=O)NCO[C@H]1C[C@@H](C(=O)N[C@H]2CCc3c(C)c(F)cc4nc5c(c2c34)Cn2c-5cc3c(c2=O)COC(=O)[C@]3(O)CC)C1. The Hall–Kier alpha value is -7.06. The number of pyridine rings is 2. The van der Waals surface area contributed by atoms with E-state index in [0.717, 1.165) is 22.1 Å². The maximum Gasteiger partial charge on any atom is 0.343 e. The summed E-state index contributed by atoms with van der Waals surface area (Å²) in [6.45, 7) is 3.43. The molecule has 4 aromatic rings. The summed E-state index contributed by atoms with van der Waals surface area (Å²) in [6.07, 6.45) is 1.62. The first-order valence-electron chi connectivity index (χ1n) is 22.7. The molecule has 1 fully saturated rings. The van der Waals surface area contributed by atoms with Gasteiger partial charge in [-0.25, -0.2) is 14.2 Å². The molecular weight excluding hydrogens is 884 g/mol. The number of aromatic nitrogens is 2. The number of fused-ring (bicyclic) bond motifs is 5. The molecule has 2 aromatic carbocycles. The Bertz CT molecular complexity index is 2790. The van der Waals surface area contributed by atoms with Crippen LogP contribution in [-0.2, 0) is 74.6 Å². The number of aryl methyl sites for hydroxylation is 1. The summed E-state index contributed by atoms with van der Waals surface area (Å²) in [5.74, 6) is -4.64. The zero-order valence-corrected chi connectivity index (χ0v) is 37.8. The largest absolute Gasteiger partial charge is 0.458 e. The van der Waals surface area contributed by atoms with Crippen LogP contribution in [0.5, 0.6) is 0 Å². The number of amides is 6. The molecule has 8 rings (SSSR count). The van der Waals surface area contributed by atoms with Crippen LogP contribution < -0.4 is 37.5 Å². The number of halogens is 1. The number of nitrogens with one attached hydrogen (secondary N) is 6. The molecule has 3 atom stereocenters. The Morgan fingerprint density at radius 2 is 1.63 bits per heavy atom. The topological polar surface area (TPSA) is 265 Å². The number of carbonyl (C=O) groups excluding carboxylic acids is 7. The van der Waals surface area contributed by atoms with Crippen molar-refractivity contribution in [2.75, 3.05) is 26.4 Å². The van der Waals surface area contributed by atoms with Crippen LogP contribution in [0.15, 0.2) is 47.3 Å². The number of benzene rings is 2. The van der Waals surface area contributed by atoms with E-state index >= 15 is 4.39 Å². The van der Waals surface area contributed by atoms with Crippen molar-refractivity contribution in [1.82, 2.24) is 41.5 Å². The van der Waals surface area contributed by atoms with Gasteiger partial charge in [0.2, 0.25) is 35.4 Å². The molecule has 19 nitrogen and oxygen atoms in total. The van der Waals surface area contributed by atoms with Gasteiger partial charge in [0.25, 0.3) is 5.56 Å². The summed E-state index contributed by atoms with van der Waals surface area (Å²) in [5, 5.41) is 27.8. The van der Waals surface area contributed by atoms with Gasteiger partial charge in [-0.1, -0.05) is 44.2 Å². The molecule has 0 unspecified atom stereocenters. The number of rotatable bonds is 17. The molecule has 68 heavy (non-hydrogen) atoms. The molecule has 6 amide bonds. The molecule has 7 N–H and O–H groups in total. The zero-order valence-electron chi connectivity index (χ0n) is 37.8. The fourth-order valence-electron chi connectivity index (χ4n) is 9.35. The van der Waals surface area contributed by atoms with Gasteiger partial charge in [-0.2, -0.15) is 0 Å². The van der Waals surface area contributed by atoms with Crippen LogP contribution in [0.25, 0.3) is 22.3 Å². The van der Waals surface area contributed by atoms with Gasteiger partial charge >= 0.3 is 5.97 Å². The Labute approximate surface area is 389 Å². The Morgan fingerprint density at radius 1 is 0.926 bits per heavy atom. The number of hydrogen-bond donors (Lipinski definition) is 7. The average Bonchev–Trinajstić information content (AvgIpc) is 3.69. The maximum absolute atomic E-state index is 15.4. The van der Waals surface area contributed by atoms with Gasteiger partial charge in [0.1, 0.15) is 25.2 Å². The van der Waals surface area contributed by atoms with Crippen LogP contribution in [0.4, 0.5) is 4.39 Å². The lowest BCUT2D eigenvalue weighted by Crippen LogP contribution is -2.52. The van der Waals surface area contributed by atoms with Crippen LogP contribution in [0.3, 0.4) is 0 Å². The lowest BCUT2D eigenvalue weighted by molar-refractivity contribution is -0.172. The highest BCUT2D eigenvalue weighted by atomic mass is 19.1. The molecule has 358 valence electrons. The van der Waals surface area contributed by atoms with Gasteiger partial charge < -0.3 is 51.0 Å². The van der Waals surface area contributed by atoms with E-state index in [-0.39, 0.29) is 74.7 Å². The van der Waals surface area contributed by atoms with Crippen LogP contribution in [-0.4, -0.2) is 94.6 Å². The summed E-state index contributed by atoms with van der Waals surface area (Å²) >= 11 is 0. The highest BCUT2D eigenvalue weighted by Crippen LogP contribution is 2.46. The van der Waals surface area contributed by atoms with Crippen molar-refractivity contribution in [2.24, 2.45) is 5.92 Å². The molecule has 0 bridgehead atoms. The Balaban J connectivity index is 0.857. The molecule has 0 saturated heterocycles. The van der Waals surface area contributed by atoms with Gasteiger partial charge in [0, 0.05) is 41.3 Å². The van der Waals surface area contributed by atoms with E-state index < -0.39 is 77.7 Å². The van der Waals surface area contributed by atoms with E-state index in [2.05, 4.69) is 31.9 Å². The first-order chi connectivity index (χ1) is 32.6. The first-order valence-corrected chi connectivity index (χ1v) is 22.7. The monoisotopic (exact) mass is 936 g/mol. The quantitative estimate of drug-likeness (QED) is 0.0509. The summed E-state index contributed by atoms with van der Waals surface area (Å²) in [5.41, 5.74) is 2.48. The van der Waals surface area contributed by atoms with E-state index in [4.69, 9.17) is 14.5 Å². The van der Waals surface area contributed by atoms with Crippen molar-refractivity contribution < 1.29 is 52.5 Å². The number of carbonyl (C=O) groups is 7. The normalized spacial score (nSPS) is 20.1. The van der Waals surface area contributed by atoms with Crippen LogP contribution >= 0.6 is 0 Å². The van der Waals surface area contributed by atoms with Crippen molar-refractivity contribution in [1.29, 1.82) is 0 Å². The molecule has 2 aliphatic heterocycles. The van der Waals surface area contributed by atoms with Gasteiger partial charge in [-0.15, -0.1) is 0 Å². The lowest BCUT2D eigenvalue weighted by atomic mass is 9.79.